The van der Waals surface area contributed by atoms with E-state index in [1.807, 2.05) is 27.7 Å². The van der Waals surface area contributed by atoms with E-state index in [9.17, 15) is 9.59 Å². The number of ether oxygens (including phenoxy) is 3. The van der Waals surface area contributed by atoms with E-state index in [0.29, 0.717) is 13.2 Å². The van der Waals surface area contributed by atoms with Crippen molar-refractivity contribution in [1.29, 1.82) is 0 Å². The van der Waals surface area contributed by atoms with Gasteiger partial charge in [-0.15, -0.1) is 0 Å². The van der Waals surface area contributed by atoms with E-state index in [-0.39, 0.29) is 37.0 Å². The zero-order valence-corrected chi connectivity index (χ0v) is 12.4. The van der Waals surface area contributed by atoms with Gasteiger partial charge in [0.15, 0.2) is 0 Å². The summed E-state index contributed by atoms with van der Waals surface area (Å²) >= 11 is 0. The summed E-state index contributed by atoms with van der Waals surface area (Å²) in [6.07, 6.45) is 1.54. The zero-order valence-electron chi connectivity index (χ0n) is 12.4. The fraction of sp³-hybridized carbons (Fsp3) is 0.857. The predicted octanol–water partition coefficient (Wildman–Crippen LogP) is 2.18. The molecule has 0 bridgehead atoms. The minimum Gasteiger partial charge on any atom is -0.463 e. The van der Waals surface area contributed by atoms with Crippen LogP contribution >= 0.6 is 0 Å². The lowest BCUT2D eigenvalue weighted by Gasteiger charge is -2.11. The third kappa shape index (κ3) is 8.59. The van der Waals surface area contributed by atoms with Crippen molar-refractivity contribution in [3.8, 4) is 0 Å². The molecule has 0 saturated carbocycles. The molecule has 5 heteroatoms. The van der Waals surface area contributed by atoms with Crippen LogP contribution in [0.5, 0.6) is 0 Å². The summed E-state index contributed by atoms with van der Waals surface area (Å²) in [6.45, 7) is 8.66. The molecule has 0 N–H and O–H groups in total. The molecule has 0 aliphatic rings. The van der Waals surface area contributed by atoms with Gasteiger partial charge in [-0.2, -0.15) is 0 Å². The third-order valence-electron chi connectivity index (χ3n) is 2.97. The summed E-state index contributed by atoms with van der Waals surface area (Å²) in [5, 5.41) is 0. The number of carbonyl (C=O) groups is 2. The molecule has 0 aliphatic heterocycles. The fourth-order valence-corrected chi connectivity index (χ4v) is 1.12. The van der Waals surface area contributed by atoms with E-state index < -0.39 is 0 Å². The Kier molecular flexibility index (Phi) is 10.2. The summed E-state index contributed by atoms with van der Waals surface area (Å²) < 4.78 is 15.2. The van der Waals surface area contributed by atoms with E-state index in [4.69, 9.17) is 14.2 Å². The molecule has 0 spiro atoms. The Morgan fingerprint density at radius 2 is 1.16 bits per heavy atom. The zero-order chi connectivity index (χ0) is 14.7. The van der Waals surface area contributed by atoms with Crippen molar-refractivity contribution in [3.05, 3.63) is 0 Å². The molecule has 19 heavy (non-hydrogen) atoms. The minimum absolute atomic E-state index is 0.0727. The van der Waals surface area contributed by atoms with Crippen LogP contribution in [-0.4, -0.2) is 38.4 Å². The van der Waals surface area contributed by atoms with Crippen molar-refractivity contribution in [2.45, 2.75) is 40.5 Å². The molecule has 0 aliphatic carbocycles. The maximum Gasteiger partial charge on any atom is 0.308 e. The molecule has 0 saturated heterocycles. The summed E-state index contributed by atoms with van der Waals surface area (Å²) in [4.78, 5) is 22.6. The van der Waals surface area contributed by atoms with Gasteiger partial charge < -0.3 is 14.2 Å². The highest BCUT2D eigenvalue weighted by atomic mass is 16.6. The molecular formula is C14H26O5. The highest BCUT2D eigenvalue weighted by Gasteiger charge is 2.12. The van der Waals surface area contributed by atoms with Crippen LogP contribution < -0.4 is 0 Å². The predicted molar refractivity (Wildman–Crippen MR) is 71.6 cm³/mol. The van der Waals surface area contributed by atoms with Crippen molar-refractivity contribution in [3.63, 3.8) is 0 Å². The second-order valence-electron chi connectivity index (χ2n) is 4.57. The van der Waals surface area contributed by atoms with Crippen LogP contribution in [0.4, 0.5) is 0 Å². The van der Waals surface area contributed by atoms with Gasteiger partial charge in [0.05, 0.1) is 25.0 Å². The molecule has 5 nitrogen and oxygen atoms in total. The van der Waals surface area contributed by atoms with E-state index in [1.165, 1.54) is 0 Å². The maximum atomic E-state index is 11.3. The van der Waals surface area contributed by atoms with E-state index in [2.05, 4.69) is 0 Å². The standard InChI is InChI=1S/C14H26O5/c1-5-11(3)13(15)18-9-7-17-8-10-19-14(16)12(4)6-2/h11-12H,5-10H2,1-4H3. The lowest BCUT2D eigenvalue weighted by molar-refractivity contribution is -0.151. The van der Waals surface area contributed by atoms with Crippen molar-refractivity contribution < 1.29 is 23.8 Å². The van der Waals surface area contributed by atoms with E-state index in [1.54, 1.807) is 0 Å². The molecule has 0 aromatic carbocycles. The van der Waals surface area contributed by atoms with Gasteiger partial charge in [-0.25, -0.2) is 0 Å². The summed E-state index contributed by atoms with van der Waals surface area (Å²) in [7, 11) is 0. The van der Waals surface area contributed by atoms with Crippen LogP contribution in [-0.2, 0) is 23.8 Å². The number of carbonyl (C=O) groups excluding carboxylic acids is 2. The number of esters is 2. The summed E-state index contributed by atoms with van der Waals surface area (Å²) in [5.74, 6) is -0.545. The average Bonchev–Trinajstić information content (AvgIpc) is 2.43. The van der Waals surface area contributed by atoms with Crippen LogP contribution in [0.15, 0.2) is 0 Å². The van der Waals surface area contributed by atoms with Gasteiger partial charge in [-0.05, 0) is 12.8 Å². The molecule has 0 heterocycles. The monoisotopic (exact) mass is 274 g/mol. The second-order valence-corrected chi connectivity index (χ2v) is 4.57. The molecule has 112 valence electrons. The Morgan fingerprint density at radius 3 is 1.47 bits per heavy atom. The molecule has 0 amide bonds. The van der Waals surface area contributed by atoms with Gasteiger partial charge in [0.1, 0.15) is 13.2 Å². The van der Waals surface area contributed by atoms with Crippen LogP contribution in [0.2, 0.25) is 0 Å². The van der Waals surface area contributed by atoms with Crippen LogP contribution in [0, 0.1) is 11.8 Å². The van der Waals surface area contributed by atoms with Gasteiger partial charge in [-0.3, -0.25) is 9.59 Å². The van der Waals surface area contributed by atoms with Crippen LogP contribution in [0.3, 0.4) is 0 Å². The largest absolute Gasteiger partial charge is 0.463 e. The van der Waals surface area contributed by atoms with Gasteiger partial charge in [0, 0.05) is 0 Å². The topological polar surface area (TPSA) is 61.8 Å². The molecule has 0 aromatic heterocycles. The molecule has 0 rings (SSSR count). The number of hydrogen-bond acceptors (Lipinski definition) is 5. The Balaban J connectivity index is 3.42. The maximum absolute atomic E-state index is 11.3. The van der Waals surface area contributed by atoms with E-state index in [0.717, 1.165) is 12.8 Å². The Bertz CT molecular complexity index is 239. The van der Waals surface area contributed by atoms with Crippen molar-refractivity contribution in [1.82, 2.24) is 0 Å². The van der Waals surface area contributed by atoms with Crippen molar-refractivity contribution in [2.75, 3.05) is 26.4 Å². The number of hydrogen-bond donors (Lipinski definition) is 0. The van der Waals surface area contributed by atoms with Gasteiger partial charge in [0.2, 0.25) is 0 Å². The first-order chi connectivity index (χ1) is 9.02. The minimum atomic E-state index is -0.200. The molecule has 0 aromatic rings. The van der Waals surface area contributed by atoms with Crippen LogP contribution in [0.1, 0.15) is 40.5 Å². The molecular weight excluding hydrogens is 248 g/mol. The van der Waals surface area contributed by atoms with Gasteiger partial charge in [0.25, 0.3) is 0 Å². The van der Waals surface area contributed by atoms with Crippen LogP contribution in [0.25, 0.3) is 0 Å². The smallest absolute Gasteiger partial charge is 0.308 e. The number of rotatable bonds is 10. The lowest BCUT2D eigenvalue weighted by atomic mass is 10.1. The molecule has 2 atom stereocenters. The first-order valence-electron chi connectivity index (χ1n) is 6.93. The highest BCUT2D eigenvalue weighted by molar-refractivity contribution is 5.72. The molecule has 0 fully saturated rings. The van der Waals surface area contributed by atoms with Gasteiger partial charge in [-0.1, -0.05) is 27.7 Å². The Labute approximate surface area is 115 Å². The normalized spacial score (nSPS) is 13.7. The summed E-state index contributed by atoms with van der Waals surface area (Å²) in [6, 6.07) is 0. The molecule has 0 radical (unpaired) electrons. The SMILES string of the molecule is CCC(C)C(=O)OCCOCCOC(=O)C(C)CC. The Morgan fingerprint density at radius 1 is 0.789 bits per heavy atom. The first kappa shape index (κ1) is 17.9. The lowest BCUT2D eigenvalue weighted by Crippen LogP contribution is -2.19. The van der Waals surface area contributed by atoms with Crippen molar-refractivity contribution >= 4 is 11.9 Å². The third-order valence-corrected chi connectivity index (χ3v) is 2.97. The first-order valence-corrected chi connectivity index (χ1v) is 6.93. The fourth-order valence-electron chi connectivity index (χ4n) is 1.12. The van der Waals surface area contributed by atoms with Crippen molar-refractivity contribution in [2.24, 2.45) is 11.8 Å². The molecule has 2 unspecified atom stereocenters. The van der Waals surface area contributed by atoms with Gasteiger partial charge >= 0.3 is 11.9 Å². The highest BCUT2D eigenvalue weighted by Crippen LogP contribution is 2.03. The average molecular weight is 274 g/mol. The Hall–Kier alpha value is -1.10. The summed E-state index contributed by atoms with van der Waals surface area (Å²) in [5.41, 5.74) is 0. The quantitative estimate of drug-likeness (QED) is 0.451. The van der Waals surface area contributed by atoms with E-state index >= 15 is 0 Å². The second kappa shape index (κ2) is 10.8.